The van der Waals surface area contributed by atoms with Gasteiger partial charge in [-0.15, -0.1) is 0 Å². The van der Waals surface area contributed by atoms with Gasteiger partial charge in [0.1, 0.15) is 0 Å². The number of amides is 1. The van der Waals surface area contributed by atoms with Gasteiger partial charge in [-0.25, -0.2) is 0 Å². The number of carboxylic acid groups (broad SMARTS) is 1. The van der Waals surface area contributed by atoms with Gasteiger partial charge in [0.25, 0.3) is 5.91 Å². The number of nitrogen functional groups attached to an aromatic ring is 1. The number of halogens is 1. The molecule has 1 aliphatic rings. The molecule has 1 fully saturated rings. The summed E-state index contributed by atoms with van der Waals surface area (Å²) in [4.78, 5) is 23.2. The molecule has 1 amide bonds. The Kier molecular flexibility index (Phi) is 4.09. The number of carboxylic acids is 1. The minimum Gasteiger partial charge on any atom is -0.481 e. The fraction of sp³-hybridized carbons (Fsp3) is 0.385. The first-order valence-electron chi connectivity index (χ1n) is 6.07. The highest BCUT2D eigenvalue weighted by Gasteiger charge is 2.34. The Hall–Kier alpha value is -1.56. The predicted molar refractivity (Wildman–Crippen MR) is 74.8 cm³/mol. The first kappa shape index (κ1) is 13.9. The smallest absolute Gasteiger partial charge is 0.308 e. The lowest BCUT2D eigenvalue weighted by Crippen LogP contribution is -2.40. The SMILES string of the molecule is Nc1cc(Br)ccc1C(=O)NC1CCCC1C(=O)O. The van der Waals surface area contributed by atoms with Crippen LogP contribution in [0.2, 0.25) is 0 Å². The Morgan fingerprint density at radius 2 is 2.11 bits per heavy atom. The van der Waals surface area contributed by atoms with E-state index in [1.807, 2.05) is 0 Å². The number of benzene rings is 1. The van der Waals surface area contributed by atoms with Crippen LogP contribution in [0.3, 0.4) is 0 Å². The van der Waals surface area contributed by atoms with E-state index in [4.69, 9.17) is 10.8 Å². The number of carbonyl (C=O) groups excluding carboxylic acids is 1. The molecule has 0 bridgehead atoms. The van der Waals surface area contributed by atoms with Crippen LogP contribution >= 0.6 is 15.9 Å². The third-order valence-electron chi connectivity index (χ3n) is 3.41. The van der Waals surface area contributed by atoms with Crippen molar-refractivity contribution in [2.24, 2.45) is 5.92 Å². The minimum absolute atomic E-state index is 0.312. The number of anilines is 1. The molecule has 19 heavy (non-hydrogen) atoms. The average molecular weight is 327 g/mol. The lowest BCUT2D eigenvalue weighted by Gasteiger charge is -2.18. The van der Waals surface area contributed by atoms with Crippen LogP contribution in [0, 0.1) is 5.92 Å². The zero-order valence-electron chi connectivity index (χ0n) is 10.2. The summed E-state index contributed by atoms with van der Waals surface area (Å²) in [5.74, 6) is -1.67. The first-order valence-corrected chi connectivity index (χ1v) is 6.87. The molecule has 1 aliphatic carbocycles. The fourth-order valence-corrected chi connectivity index (χ4v) is 2.79. The van der Waals surface area contributed by atoms with Gasteiger partial charge in [-0.3, -0.25) is 9.59 Å². The van der Waals surface area contributed by atoms with E-state index in [9.17, 15) is 9.59 Å². The molecule has 102 valence electrons. The van der Waals surface area contributed by atoms with Crippen LogP contribution in [0.1, 0.15) is 29.6 Å². The lowest BCUT2D eigenvalue weighted by molar-refractivity contribution is -0.142. The highest BCUT2D eigenvalue weighted by atomic mass is 79.9. The van der Waals surface area contributed by atoms with Gasteiger partial charge in [0.2, 0.25) is 0 Å². The molecule has 1 saturated carbocycles. The van der Waals surface area contributed by atoms with Gasteiger partial charge in [-0.1, -0.05) is 22.4 Å². The monoisotopic (exact) mass is 326 g/mol. The number of hydrogen-bond acceptors (Lipinski definition) is 3. The second-order valence-electron chi connectivity index (χ2n) is 4.69. The summed E-state index contributed by atoms with van der Waals surface area (Å²) in [7, 11) is 0. The van der Waals surface area contributed by atoms with Crippen LogP contribution in [0.4, 0.5) is 5.69 Å². The maximum absolute atomic E-state index is 12.1. The Bertz CT molecular complexity index is 519. The van der Waals surface area contributed by atoms with Crippen molar-refractivity contribution in [1.29, 1.82) is 0 Å². The predicted octanol–water partition coefficient (Wildman–Crippen LogP) is 2.01. The van der Waals surface area contributed by atoms with Crippen molar-refractivity contribution < 1.29 is 14.7 Å². The van der Waals surface area contributed by atoms with Crippen molar-refractivity contribution in [2.45, 2.75) is 25.3 Å². The standard InChI is InChI=1S/C13H15BrN2O3/c14-7-4-5-8(10(15)6-7)12(17)16-11-3-1-2-9(11)13(18)19/h4-6,9,11H,1-3,15H2,(H,16,17)(H,18,19). The molecule has 6 heteroatoms. The van der Waals surface area contributed by atoms with Crippen molar-refractivity contribution in [3.05, 3.63) is 28.2 Å². The molecule has 2 atom stereocenters. The highest BCUT2D eigenvalue weighted by molar-refractivity contribution is 9.10. The van der Waals surface area contributed by atoms with E-state index in [2.05, 4.69) is 21.2 Å². The first-order chi connectivity index (χ1) is 8.99. The molecule has 2 unspecified atom stereocenters. The number of nitrogens with two attached hydrogens (primary N) is 1. The second-order valence-corrected chi connectivity index (χ2v) is 5.60. The van der Waals surface area contributed by atoms with Crippen molar-refractivity contribution in [1.82, 2.24) is 5.32 Å². The summed E-state index contributed by atoms with van der Waals surface area (Å²) in [5.41, 5.74) is 6.53. The van der Waals surface area contributed by atoms with Crippen molar-refractivity contribution in [3.63, 3.8) is 0 Å². The topological polar surface area (TPSA) is 92.4 Å². The van der Waals surface area contributed by atoms with Crippen LogP contribution in [0.5, 0.6) is 0 Å². The van der Waals surface area contributed by atoms with Gasteiger partial charge in [0.15, 0.2) is 0 Å². The van der Waals surface area contributed by atoms with Gasteiger partial charge in [-0.05, 0) is 31.0 Å². The van der Waals surface area contributed by atoms with E-state index >= 15 is 0 Å². The third-order valence-corrected chi connectivity index (χ3v) is 3.90. The van der Waals surface area contributed by atoms with E-state index < -0.39 is 11.9 Å². The van der Waals surface area contributed by atoms with Crippen LogP contribution in [0.25, 0.3) is 0 Å². The summed E-state index contributed by atoms with van der Waals surface area (Å²) < 4.78 is 0.797. The Labute approximate surface area is 119 Å². The molecule has 1 aromatic carbocycles. The summed E-state index contributed by atoms with van der Waals surface area (Å²) in [6, 6.07) is 4.69. The summed E-state index contributed by atoms with van der Waals surface area (Å²) in [6.07, 6.45) is 2.12. The molecule has 5 nitrogen and oxygen atoms in total. The Morgan fingerprint density at radius 3 is 2.74 bits per heavy atom. The van der Waals surface area contributed by atoms with E-state index in [1.165, 1.54) is 0 Å². The maximum atomic E-state index is 12.1. The van der Waals surface area contributed by atoms with Crippen molar-refractivity contribution in [3.8, 4) is 0 Å². The van der Waals surface area contributed by atoms with Crippen LogP contribution < -0.4 is 11.1 Å². The molecular weight excluding hydrogens is 312 g/mol. The zero-order chi connectivity index (χ0) is 14.0. The zero-order valence-corrected chi connectivity index (χ0v) is 11.8. The molecule has 4 N–H and O–H groups in total. The molecule has 0 spiro atoms. The largest absolute Gasteiger partial charge is 0.481 e. The number of hydrogen-bond donors (Lipinski definition) is 3. The second kappa shape index (κ2) is 5.61. The molecule has 0 heterocycles. The van der Waals surface area contributed by atoms with Crippen LogP contribution in [-0.2, 0) is 4.79 Å². The number of nitrogens with one attached hydrogen (secondary N) is 1. The Morgan fingerprint density at radius 1 is 1.37 bits per heavy atom. The van der Waals surface area contributed by atoms with E-state index in [-0.39, 0.29) is 11.9 Å². The minimum atomic E-state index is -0.855. The molecular formula is C13H15BrN2O3. The number of rotatable bonds is 3. The van der Waals surface area contributed by atoms with Gasteiger partial charge in [-0.2, -0.15) is 0 Å². The number of carbonyl (C=O) groups is 2. The summed E-state index contributed by atoms with van der Waals surface area (Å²) in [5, 5.41) is 11.8. The quantitative estimate of drug-likeness (QED) is 0.741. The summed E-state index contributed by atoms with van der Waals surface area (Å²) >= 11 is 3.27. The summed E-state index contributed by atoms with van der Waals surface area (Å²) in [6.45, 7) is 0. The van der Waals surface area contributed by atoms with Crippen LogP contribution in [0.15, 0.2) is 22.7 Å². The van der Waals surface area contributed by atoms with E-state index in [0.29, 0.717) is 24.1 Å². The van der Waals surface area contributed by atoms with Gasteiger partial charge in [0, 0.05) is 16.2 Å². The lowest BCUT2D eigenvalue weighted by atomic mass is 10.0. The van der Waals surface area contributed by atoms with Crippen molar-refractivity contribution in [2.75, 3.05) is 5.73 Å². The molecule has 2 rings (SSSR count). The normalized spacial score (nSPS) is 22.2. The van der Waals surface area contributed by atoms with E-state index in [1.54, 1.807) is 18.2 Å². The maximum Gasteiger partial charge on any atom is 0.308 e. The van der Waals surface area contributed by atoms with Gasteiger partial charge < -0.3 is 16.2 Å². The molecule has 0 radical (unpaired) electrons. The van der Waals surface area contributed by atoms with Gasteiger partial charge in [0.05, 0.1) is 11.5 Å². The number of aliphatic carboxylic acids is 1. The van der Waals surface area contributed by atoms with Crippen LogP contribution in [-0.4, -0.2) is 23.0 Å². The molecule has 0 aromatic heterocycles. The fourth-order valence-electron chi connectivity index (χ4n) is 2.41. The van der Waals surface area contributed by atoms with E-state index in [0.717, 1.165) is 10.9 Å². The Balaban J connectivity index is 2.10. The molecule has 0 saturated heterocycles. The highest BCUT2D eigenvalue weighted by Crippen LogP contribution is 2.26. The third kappa shape index (κ3) is 3.07. The molecule has 1 aromatic rings. The molecule has 0 aliphatic heterocycles. The average Bonchev–Trinajstić information content (AvgIpc) is 2.76. The van der Waals surface area contributed by atoms with Crippen molar-refractivity contribution >= 4 is 33.5 Å². The van der Waals surface area contributed by atoms with Gasteiger partial charge >= 0.3 is 5.97 Å².